The molecule has 0 aliphatic heterocycles. The van der Waals surface area contributed by atoms with E-state index in [1.165, 1.54) is 11.1 Å². The molecule has 0 aliphatic rings. The van der Waals surface area contributed by atoms with Gasteiger partial charge in [-0.3, -0.25) is 9.78 Å². The third-order valence-corrected chi connectivity index (χ3v) is 4.06. The van der Waals surface area contributed by atoms with Crippen molar-refractivity contribution < 1.29 is 4.79 Å². The number of pyridine rings is 1. The van der Waals surface area contributed by atoms with Gasteiger partial charge in [-0.05, 0) is 73.9 Å². The number of nitrogens with zero attached hydrogens (tertiary/aromatic N) is 1. The number of nitrogens with one attached hydrogen (secondary N) is 2. The van der Waals surface area contributed by atoms with Crippen LogP contribution in [0.2, 0.25) is 0 Å². The summed E-state index contributed by atoms with van der Waals surface area (Å²) in [6.07, 6.45) is 1.63. The minimum atomic E-state index is -0.226. The van der Waals surface area contributed by atoms with Crippen molar-refractivity contribution in [2.45, 2.75) is 20.8 Å². The molecule has 2 aromatic carbocycles. The first-order chi connectivity index (χ1) is 12.0. The van der Waals surface area contributed by atoms with E-state index in [2.05, 4.69) is 21.7 Å². The first-order valence-corrected chi connectivity index (χ1v) is 8.19. The van der Waals surface area contributed by atoms with Crippen molar-refractivity contribution in [2.24, 2.45) is 0 Å². The average Bonchev–Trinajstić information content (AvgIpc) is 2.58. The molecular weight excluding hydrogens is 310 g/mol. The van der Waals surface area contributed by atoms with Crippen molar-refractivity contribution in [3.8, 4) is 0 Å². The third kappa shape index (κ3) is 4.23. The molecule has 2 N–H and O–H groups in total. The monoisotopic (exact) mass is 331 g/mol. The number of rotatable bonds is 4. The molecule has 4 heteroatoms. The number of anilines is 3. The molecule has 3 rings (SSSR count). The van der Waals surface area contributed by atoms with Crippen LogP contribution >= 0.6 is 0 Å². The second-order valence-corrected chi connectivity index (χ2v) is 6.18. The van der Waals surface area contributed by atoms with Crippen molar-refractivity contribution in [1.29, 1.82) is 0 Å². The van der Waals surface area contributed by atoms with Gasteiger partial charge in [-0.15, -0.1) is 0 Å². The number of carbonyl (C=O) groups is 1. The number of aromatic nitrogens is 1. The maximum absolute atomic E-state index is 12.5. The van der Waals surface area contributed by atoms with Crippen LogP contribution in [0, 0.1) is 20.8 Å². The number of hydrogen-bond donors (Lipinski definition) is 2. The predicted octanol–water partition coefficient (Wildman–Crippen LogP) is 5.00. The van der Waals surface area contributed by atoms with E-state index >= 15 is 0 Å². The van der Waals surface area contributed by atoms with Crippen molar-refractivity contribution >= 4 is 23.0 Å². The van der Waals surface area contributed by atoms with Gasteiger partial charge in [0.05, 0.1) is 0 Å². The van der Waals surface area contributed by atoms with E-state index < -0.39 is 0 Å². The van der Waals surface area contributed by atoms with Crippen molar-refractivity contribution in [2.75, 3.05) is 10.6 Å². The van der Waals surface area contributed by atoms with Gasteiger partial charge in [0.1, 0.15) is 5.69 Å². The van der Waals surface area contributed by atoms with Crippen LogP contribution in [0.3, 0.4) is 0 Å². The Bertz CT molecular complexity index is 919. The van der Waals surface area contributed by atoms with Crippen LogP contribution in [-0.4, -0.2) is 10.9 Å². The zero-order chi connectivity index (χ0) is 17.8. The molecule has 0 radical (unpaired) electrons. The van der Waals surface area contributed by atoms with Gasteiger partial charge in [0.2, 0.25) is 0 Å². The first kappa shape index (κ1) is 16.7. The number of carbonyl (C=O) groups excluding carboxylic acids is 1. The van der Waals surface area contributed by atoms with E-state index in [1.807, 2.05) is 63.2 Å². The second-order valence-electron chi connectivity index (χ2n) is 6.18. The average molecular weight is 331 g/mol. The summed E-state index contributed by atoms with van der Waals surface area (Å²) in [5.41, 5.74) is 6.45. The molecule has 0 unspecified atom stereocenters. The molecule has 0 fully saturated rings. The van der Waals surface area contributed by atoms with Gasteiger partial charge in [-0.1, -0.05) is 18.2 Å². The van der Waals surface area contributed by atoms with E-state index in [-0.39, 0.29) is 5.91 Å². The number of aryl methyl sites for hydroxylation is 3. The van der Waals surface area contributed by atoms with E-state index in [9.17, 15) is 4.79 Å². The first-order valence-electron chi connectivity index (χ1n) is 8.19. The molecule has 4 nitrogen and oxygen atoms in total. The van der Waals surface area contributed by atoms with Crippen molar-refractivity contribution in [3.05, 3.63) is 83.2 Å². The van der Waals surface area contributed by atoms with Gasteiger partial charge >= 0.3 is 0 Å². The normalized spacial score (nSPS) is 10.4. The minimum absolute atomic E-state index is 0.226. The molecule has 0 saturated carbocycles. The summed E-state index contributed by atoms with van der Waals surface area (Å²) in [5.74, 6) is -0.226. The molecule has 0 atom stereocenters. The molecule has 25 heavy (non-hydrogen) atoms. The number of benzene rings is 2. The molecule has 126 valence electrons. The Kier molecular flexibility index (Phi) is 4.80. The summed E-state index contributed by atoms with van der Waals surface area (Å²) in [6.45, 7) is 6.11. The quantitative estimate of drug-likeness (QED) is 0.707. The summed E-state index contributed by atoms with van der Waals surface area (Å²) < 4.78 is 0. The molecule has 1 heterocycles. The second kappa shape index (κ2) is 7.18. The molecule has 0 bridgehead atoms. The van der Waals surface area contributed by atoms with E-state index in [0.29, 0.717) is 5.69 Å². The molecular formula is C21H21N3O. The fourth-order valence-electron chi connectivity index (χ4n) is 2.54. The molecule has 0 aliphatic carbocycles. The Labute approximate surface area is 147 Å². The van der Waals surface area contributed by atoms with Gasteiger partial charge < -0.3 is 10.6 Å². The van der Waals surface area contributed by atoms with Gasteiger partial charge in [0, 0.05) is 23.3 Å². The molecule has 3 aromatic rings. The Hall–Kier alpha value is -3.14. The molecule has 1 aromatic heterocycles. The predicted molar refractivity (Wildman–Crippen MR) is 103 cm³/mol. The van der Waals surface area contributed by atoms with E-state index in [0.717, 1.165) is 22.6 Å². The van der Waals surface area contributed by atoms with Crippen LogP contribution in [0.15, 0.2) is 60.8 Å². The molecule has 1 amide bonds. The van der Waals surface area contributed by atoms with Gasteiger partial charge in [-0.25, -0.2) is 0 Å². The summed E-state index contributed by atoms with van der Waals surface area (Å²) >= 11 is 0. The highest BCUT2D eigenvalue weighted by atomic mass is 16.1. The summed E-state index contributed by atoms with van der Waals surface area (Å²) in [4.78, 5) is 16.7. The summed E-state index contributed by atoms with van der Waals surface area (Å²) in [7, 11) is 0. The van der Waals surface area contributed by atoms with Crippen LogP contribution < -0.4 is 10.6 Å². The fraction of sp³-hybridized carbons (Fsp3) is 0.143. The lowest BCUT2D eigenvalue weighted by Gasteiger charge is -2.10. The molecule has 0 saturated heterocycles. The van der Waals surface area contributed by atoms with Gasteiger partial charge in [0.25, 0.3) is 5.91 Å². The Morgan fingerprint density at radius 3 is 2.40 bits per heavy atom. The minimum Gasteiger partial charge on any atom is -0.355 e. The van der Waals surface area contributed by atoms with Crippen LogP contribution in [-0.2, 0) is 0 Å². The lowest BCUT2D eigenvalue weighted by Crippen LogP contribution is -2.14. The van der Waals surface area contributed by atoms with Crippen LogP contribution in [0.4, 0.5) is 17.1 Å². The third-order valence-electron chi connectivity index (χ3n) is 4.06. The van der Waals surface area contributed by atoms with Gasteiger partial charge in [0.15, 0.2) is 0 Å². The Morgan fingerprint density at radius 1 is 0.840 bits per heavy atom. The fourth-order valence-corrected chi connectivity index (χ4v) is 2.54. The Balaban J connectivity index is 1.76. The highest BCUT2D eigenvalue weighted by Gasteiger charge is 2.09. The van der Waals surface area contributed by atoms with Crippen molar-refractivity contribution in [1.82, 2.24) is 4.98 Å². The summed E-state index contributed by atoms with van der Waals surface area (Å²) in [5, 5.41) is 6.20. The van der Waals surface area contributed by atoms with Crippen LogP contribution in [0.1, 0.15) is 27.2 Å². The maximum Gasteiger partial charge on any atom is 0.274 e. The van der Waals surface area contributed by atoms with Crippen LogP contribution in [0.5, 0.6) is 0 Å². The van der Waals surface area contributed by atoms with E-state index in [4.69, 9.17) is 0 Å². The van der Waals surface area contributed by atoms with Gasteiger partial charge in [-0.2, -0.15) is 0 Å². The smallest absolute Gasteiger partial charge is 0.274 e. The lowest BCUT2D eigenvalue weighted by molar-refractivity contribution is 0.102. The Morgan fingerprint density at radius 2 is 1.64 bits per heavy atom. The van der Waals surface area contributed by atoms with Crippen molar-refractivity contribution in [3.63, 3.8) is 0 Å². The number of amides is 1. The zero-order valence-electron chi connectivity index (χ0n) is 14.6. The van der Waals surface area contributed by atoms with Crippen LogP contribution in [0.25, 0.3) is 0 Å². The summed E-state index contributed by atoms with van der Waals surface area (Å²) in [6, 6.07) is 17.5. The SMILES string of the molecule is Cc1cccc(Nc2ccnc(C(=O)Nc3ccc(C)c(C)c3)c2)c1. The maximum atomic E-state index is 12.5. The topological polar surface area (TPSA) is 54.0 Å². The molecule has 0 spiro atoms. The standard InChI is InChI=1S/C21H21N3O/c1-14-5-4-6-17(11-14)23-19-9-10-22-20(13-19)21(25)24-18-8-7-15(2)16(3)12-18/h4-13H,1-3H3,(H,22,23)(H,24,25). The van der Waals surface area contributed by atoms with E-state index in [1.54, 1.807) is 12.3 Å². The number of hydrogen-bond acceptors (Lipinski definition) is 3. The highest BCUT2D eigenvalue weighted by Crippen LogP contribution is 2.19. The highest BCUT2D eigenvalue weighted by molar-refractivity contribution is 6.03. The lowest BCUT2D eigenvalue weighted by atomic mass is 10.1. The largest absolute Gasteiger partial charge is 0.355 e. The zero-order valence-corrected chi connectivity index (χ0v) is 14.6.